The largest absolute Gasteiger partial charge is 0.398 e. The van der Waals surface area contributed by atoms with E-state index >= 15 is 0 Å². The highest BCUT2D eigenvalue weighted by Crippen LogP contribution is 2.38. The molecule has 5 rings (SSSR count). The molecule has 3 N–H and O–H groups in total. The summed E-state index contributed by atoms with van der Waals surface area (Å²) >= 11 is 1.34. The minimum atomic E-state index is -3.94. The molecule has 1 heterocycles. The molecule has 0 saturated carbocycles. The molecule has 162 valence electrons. The van der Waals surface area contributed by atoms with Crippen LogP contribution in [0.5, 0.6) is 0 Å². The number of allylic oxidation sites excluding steroid dienone is 2. The predicted molar refractivity (Wildman–Crippen MR) is 133 cm³/mol. The average molecular weight is 454 g/mol. The Kier molecular flexibility index (Phi) is 6.42. The van der Waals surface area contributed by atoms with Crippen molar-refractivity contribution in [2.75, 3.05) is 11.5 Å². The van der Waals surface area contributed by atoms with Gasteiger partial charge in [-0.25, -0.2) is 0 Å². The Labute approximate surface area is 188 Å². The summed E-state index contributed by atoms with van der Waals surface area (Å²) in [5, 5.41) is 6.96. The van der Waals surface area contributed by atoms with Crippen molar-refractivity contribution in [2.45, 2.75) is 32.6 Å². The van der Waals surface area contributed by atoms with Crippen molar-refractivity contribution < 1.29 is 13.0 Å². The van der Waals surface area contributed by atoms with Crippen LogP contribution in [0.3, 0.4) is 0 Å². The summed E-state index contributed by atoms with van der Waals surface area (Å²) < 4.78 is 29.4. The fourth-order valence-corrected chi connectivity index (χ4v) is 6.08. The summed E-state index contributed by atoms with van der Waals surface area (Å²) in [5.41, 5.74) is 10.4. The molecule has 31 heavy (non-hydrogen) atoms. The molecule has 2 aliphatic rings. The van der Waals surface area contributed by atoms with Crippen molar-refractivity contribution in [3.05, 3.63) is 76.1 Å². The van der Waals surface area contributed by atoms with E-state index in [1.165, 1.54) is 76.2 Å². The van der Waals surface area contributed by atoms with Gasteiger partial charge in [0.2, 0.25) is 0 Å². The van der Waals surface area contributed by atoms with Gasteiger partial charge in [-0.05, 0) is 70.0 Å². The van der Waals surface area contributed by atoms with Crippen molar-refractivity contribution >= 4 is 49.1 Å². The van der Waals surface area contributed by atoms with Gasteiger partial charge in [-0.3, -0.25) is 4.55 Å². The van der Waals surface area contributed by atoms with E-state index in [2.05, 4.69) is 49.4 Å². The van der Waals surface area contributed by atoms with Gasteiger partial charge in [0.15, 0.2) is 0 Å². The van der Waals surface area contributed by atoms with Crippen molar-refractivity contribution in [2.24, 2.45) is 5.92 Å². The maximum absolute atomic E-state index is 10.4. The van der Waals surface area contributed by atoms with Crippen molar-refractivity contribution in [3.63, 3.8) is 0 Å². The monoisotopic (exact) mass is 453 g/mol. The quantitative estimate of drug-likeness (QED) is 0.278. The molecule has 1 unspecified atom stereocenters. The third-order valence-electron chi connectivity index (χ3n) is 6.16. The molecule has 0 radical (unpaired) electrons. The van der Waals surface area contributed by atoms with Crippen LogP contribution in [0.15, 0.2) is 64.9 Å². The Hall–Kier alpha value is -2.28. The number of nitrogen functional groups attached to an aromatic ring is 1. The van der Waals surface area contributed by atoms with Gasteiger partial charge in [0.25, 0.3) is 10.1 Å². The van der Waals surface area contributed by atoms with Crippen molar-refractivity contribution in [1.82, 2.24) is 0 Å². The fourth-order valence-electron chi connectivity index (χ4n) is 4.48. The molecule has 6 heteroatoms. The second-order valence-electron chi connectivity index (χ2n) is 8.08. The first-order chi connectivity index (χ1) is 14.9. The second kappa shape index (κ2) is 9.07. The molecule has 0 bridgehead atoms. The normalized spacial score (nSPS) is 18.3. The average Bonchev–Trinajstić information content (AvgIpc) is 2.79. The zero-order valence-corrected chi connectivity index (χ0v) is 19.2. The lowest BCUT2D eigenvalue weighted by Gasteiger charge is -2.25. The molecule has 0 spiro atoms. The van der Waals surface area contributed by atoms with Crippen LogP contribution in [0, 0.1) is 5.92 Å². The minimum absolute atomic E-state index is 0.0694. The summed E-state index contributed by atoms with van der Waals surface area (Å²) in [6.45, 7) is 2.30. The van der Waals surface area contributed by atoms with Crippen LogP contribution in [0.4, 0.5) is 5.69 Å². The summed E-state index contributed by atoms with van der Waals surface area (Å²) in [7, 11) is -3.94. The van der Waals surface area contributed by atoms with Crippen LogP contribution in [0.1, 0.15) is 30.9 Å². The molecule has 3 aromatic carbocycles. The highest BCUT2D eigenvalue weighted by Gasteiger charge is 2.20. The van der Waals surface area contributed by atoms with Gasteiger partial charge in [-0.15, -0.1) is 11.8 Å². The third-order valence-corrected chi connectivity index (χ3v) is 8.12. The van der Waals surface area contributed by atoms with E-state index in [1.54, 1.807) is 11.5 Å². The second-order valence-corrected chi connectivity index (χ2v) is 10.4. The van der Waals surface area contributed by atoms with Gasteiger partial charge in [0, 0.05) is 16.8 Å². The van der Waals surface area contributed by atoms with Crippen LogP contribution in [-0.4, -0.2) is 18.7 Å². The smallest absolute Gasteiger partial charge is 0.291 e. The van der Waals surface area contributed by atoms with Crippen molar-refractivity contribution in [3.8, 4) is 0 Å². The van der Waals surface area contributed by atoms with Gasteiger partial charge < -0.3 is 5.73 Å². The number of aryl methyl sites for hydroxylation is 1. The van der Waals surface area contributed by atoms with E-state index in [4.69, 9.17) is 10.3 Å². The Balaban J connectivity index is 0.000000196. The molecular weight excluding hydrogens is 426 g/mol. The van der Waals surface area contributed by atoms with E-state index in [9.17, 15) is 8.42 Å². The predicted octanol–water partition coefficient (Wildman–Crippen LogP) is 6.11. The number of hydrogen-bond donors (Lipinski definition) is 2. The van der Waals surface area contributed by atoms with Gasteiger partial charge in [-0.2, -0.15) is 8.42 Å². The van der Waals surface area contributed by atoms with Crippen LogP contribution in [-0.2, 0) is 23.0 Å². The molecule has 3 aromatic rings. The van der Waals surface area contributed by atoms with Crippen LogP contribution in [0.25, 0.3) is 21.5 Å². The van der Waals surface area contributed by atoms with E-state index in [0.717, 1.165) is 11.6 Å². The van der Waals surface area contributed by atoms with Gasteiger partial charge >= 0.3 is 0 Å². The zero-order valence-electron chi connectivity index (χ0n) is 17.5. The molecule has 0 amide bonds. The van der Waals surface area contributed by atoms with E-state index in [-0.39, 0.29) is 4.91 Å². The summed E-state index contributed by atoms with van der Waals surface area (Å²) in [4.78, 5) is 0.0694. The van der Waals surface area contributed by atoms with Gasteiger partial charge in [0.05, 0.1) is 4.91 Å². The molecular formula is C25H27NO3S2. The summed E-state index contributed by atoms with van der Waals surface area (Å²) in [6, 6.07) is 15.3. The summed E-state index contributed by atoms with van der Waals surface area (Å²) in [5.74, 6) is 1.17. The number of fused-ring (bicyclic) bond motifs is 5. The Morgan fingerprint density at radius 2 is 1.97 bits per heavy atom. The molecule has 0 fully saturated rings. The Bertz CT molecular complexity index is 1290. The fraction of sp³-hybridized carbons (Fsp3) is 0.280. The van der Waals surface area contributed by atoms with Gasteiger partial charge in [0.1, 0.15) is 0 Å². The lowest BCUT2D eigenvalue weighted by Crippen LogP contribution is -2.14. The molecule has 0 aromatic heterocycles. The molecule has 4 nitrogen and oxygen atoms in total. The maximum Gasteiger partial charge on any atom is 0.291 e. The number of thioether (sulfide) groups is 1. The standard InChI is InChI=1S/C20H21N.C5H6O3S2/c1-2-13-7-9-17-15(11-13)8-10-18-16-6-4-3-5-14(16)12-19(21)20(17)18;6-10(7,8)5-2-1-3-9-4-5/h3-6,8,10,12-13H,2,7,9,11,21H2,1H3;1-3H,4H2,(H,6,7,8). The van der Waals surface area contributed by atoms with Gasteiger partial charge in [-0.1, -0.05) is 55.8 Å². The molecule has 1 atom stereocenters. The number of hydrogen-bond acceptors (Lipinski definition) is 4. The first-order valence-corrected chi connectivity index (χ1v) is 13.0. The van der Waals surface area contributed by atoms with E-state index < -0.39 is 10.1 Å². The highest BCUT2D eigenvalue weighted by molar-refractivity contribution is 8.03. The maximum atomic E-state index is 10.4. The van der Waals surface area contributed by atoms with Crippen LogP contribution in [0.2, 0.25) is 0 Å². The number of rotatable bonds is 2. The number of benzene rings is 3. The van der Waals surface area contributed by atoms with Crippen molar-refractivity contribution in [1.29, 1.82) is 0 Å². The number of anilines is 1. The van der Waals surface area contributed by atoms with Crippen LogP contribution < -0.4 is 5.73 Å². The first-order valence-electron chi connectivity index (χ1n) is 10.5. The lowest BCUT2D eigenvalue weighted by atomic mass is 9.80. The topological polar surface area (TPSA) is 80.4 Å². The minimum Gasteiger partial charge on any atom is -0.398 e. The third kappa shape index (κ3) is 4.66. The Morgan fingerprint density at radius 3 is 2.65 bits per heavy atom. The number of nitrogens with two attached hydrogens (primary N) is 1. The molecule has 1 aliphatic heterocycles. The lowest BCUT2D eigenvalue weighted by molar-refractivity contribution is 0.446. The molecule has 0 saturated heterocycles. The molecule has 1 aliphatic carbocycles. The Morgan fingerprint density at radius 1 is 1.16 bits per heavy atom. The van der Waals surface area contributed by atoms with E-state index in [0.29, 0.717) is 5.75 Å². The first kappa shape index (κ1) is 21.9. The van der Waals surface area contributed by atoms with Crippen LogP contribution >= 0.6 is 11.8 Å². The zero-order chi connectivity index (χ0) is 22.0. The SMILES string of the molecule is CCC1CCc2c(ccc3c2c(N)cc2ccccc23)C1.O=S(=O)(O)C1=CC=CSC1. The van der Waals surface area contributed by atoms with E-state index in [1.807, 2.05) is 0 Å². The summed E-state index contributed by atoms with van der Waals surface area (Å²) in [6.07, 6.45) is 7.96. The highest BCUT2D eigenvalue weighted by atomic mass is 32.2.